The van der Waals surface area contributed by atoms with E-state index in [1.54, 1.807) is 0 Å². The molecule has 0 fully saturated rings. The number of pyridine rings is 1. The van der Waals surface area contributed by atoms with Crippen LogP contribution in [0.2, 0.25) is 0 Å². The molecule has 0 aliphatic rings. The zero-order valence-electron chi connectivity index (χ0n) is 12.5. The second-order valence-electron chi connectivity index (χ2n) is 5.51. The molecule has 1 aromatic heterocycles. The van der Waals surface area contributed by atoms with Gasteiger partial charge in [-0.2, -0.15) is 0 Å². The minimum absolute atomic E-state index is 0.467. The Bertz CT molecular complexity index is 546. The maximum Gasteiger partial charge on any atom is 0.0573 e. The molecule has 0 amide bonds. The zero-order valence-corrected chi connectivity index (χ0v) is 12.5. The molecular formula is C17H23N3. The van der Waals surface area contributed by atoms with Gasteiger partial charge < -0.3 is 5.73 Å². The molecule has 0 saturated heterocycles. The lowest BCUT2D eigenvalue weighted by molar-refractivity contribution is 0.201. The smallest absolute Gasteiger partial charge is 0.0573 e. The fourth-order valence-electron chi connectivity index (χ4n) is 2.15. The highest BCUT2D eigenvalue weighted by Gasteiger charge is 2.12. The number of aromatic nitrogens is 1. The standard InChI is InChI=1S/C17H23N3/c1-13(2)20(11-15-6-8-16(18)9-7-15)12-17-14(3)5-4-10-19-17/h4-10,13H,11-12,18H2,1-3H3. The molecule has 20 heavy (non-hydrogen) atoms. The van der Waals surface area contributed by atoms with Gasteiger partial charge in [0.1, 0.15) is 0 Å². The normalized spacial score (nSPS) is 11.2. The van der Waals surface area contributed by atoms with E-state index in [0.29, 0.717) is 6.04 Å². The number of nitrogens with two attached hydrogens (primary N) is 1. The molecule has 2 rings (SSSR count). The number of benzene rings is 1. The first-order valence-electron chi connectivity index (χ1n) is 7.05. The van der Waals surface area contributed by atoms with E-state index in [9.17, 15) is 0 Å². The minimum Gasteiger partial charge on any atom is -0.399 e. The first-order chi connectivity index (χ1) is 9.56. The molecule has 0 atom stereocenters. The first-order valence-corrected chi connectivity index (χ1v) is 7.05. The van der Waals surface area contributed by atoms with Gasteiger partial charge in [-0.1, -0.05) is 18.2 Å². The van der Waals surface area contributed by atoms with Crippen LogP contribution in [0, 0.1) is 6.92 Å². The van der Waals surface area contributed by atoms with E-state index < -0.39 is 0 Å². The van der Waals surface area contributed by atoms with E-state index in [1.807, 2.05) is 24.4 Å². The Morgan fingerprint density at radius 3 is 2.40 bits per heavy atom. The number of rotatable bonds is 5. The molecule has 1 aromatic carbocycles. The van der Waals surface area contributed by atoms with Crippen molar-refractivity contribution in [2.45, 2.75) is 39.9 Å². The first kappa shape index (κ1) is 14.5. The predicted molar refractivity (Wildman–Crippen MR) is 84.2 cm³/mol. The highest BCUT2D eigenvalue weighted by Crippen LogP contribution is 2.15. The van der Waals surface area contributed by atoms with E-state index in [1.165, 1.54) is 11.1 Å². The number of aryl methyl sites for hydroxylation is 1. The van der Waals surface area contributed by atoms with Crippen LogP contribution in [-0.2, 0) is 13.1 Å². The van der Waals surface area contributed by atoms with Gasteiger partial charge in [0, 0.05) is 31.0 Å². The SMILES string of the molecule is Cc1cccnc1CN(Cc1ccc(N)cc1)C(C)C. The molecule has 3 heteroatoms. The Morgan fingerprint density at radius 1 is 1.10 bits per heavy atom. The van der Waals surface area contributed by atoms with Gasteiger partial charge in [-0.15, -0.1) is 0 Å². The summed E-state index contributed by atoms with van der Waals surface area (Å²) in [6, 6.07) is 12.7. The van der Waals surface area contributed by atoms with Gasteiger partial charge in [0.15, 0.2) is 0 Å². The molecule has 1 heterocycles. The molecule has 2 aromatic rings. The summed E-state index contributed by atoms with van der Waals surface area (Å²) in [6.07, 6.45) is 1.87. The fourth-order valence-corrected chi connectivity index (χ4v) is 2.15. The maximum absolute atomic E-state index is 5.74. The van der Waals surface area contributed by atoms with Crippen LogP contribution >= 0.6 is 0 Å². The average Bonchev–Trinajstić information content (AvgIpc) is 2.42. The van der Waals surface area contributed by atoms with Crippen molar-refractivity contribution in [3.8, 4) is 0 Å². The van der Waals surface area contributed by atoms with Crippen LogP contribution in [0.3, 0.4) is 0 Å². The van der Waals surface area contributed by atoms with Crippen molar-refractivity contribution < 1.29 is 0 Å². The molecule has 0 spiro atoms. The zero-order chi connectivity index (χ0) is 14.5. The van der Waals surface area contributed by atoms with Crippen LogP contribution in [0.15, 0.2) is 42.6 Å². The minimum atomic E-state index is 0.467. The molecule has 0 bridgehead atoms. The molecule has 0 aliphatic carbocycles. The van der Waals surface area contributed by atoms with E-state index in [4.69, 9.17) is 5.73 Å². The summed E-state index contributed by atoms with van der Waals surface area (Å²) < 4.78 is 0. The van der Waals surface area contributed by atoms with Gasteiger partial charge in [-0.25, -0.2) is 0 Å². The summed E-state index contributed by atoms with van der Waals surface area (Å²) >= 11 is 0. The molecular weight excluding hydrogens is 246 g/mol. The van der Waals surface area contributed by atoms with Gasteiger partial charge >= 0.3 is 0 Å². The van der Waals surface area contributed by atoms with Gasteiger partial charge in [0.2, 0.25) is 0 Å². The lowest BCUT2D eigenvalue weighted by atomic mass is 10.1. The average molecular weight is 269 g/mol. The molecule has 3 nitrogen and oxygen atoms in total. The third kappa shape index (κ3) is 3.81. The van der Waals surface area contributed by atoms with Gasteiger partial charge in [-0.3, -0.25) is 9.88 Å². The Hall–Kier alpha value is -1.87. The number of hydrogen-bond donors (Lipinski definition) is 1. The van der Waals surface area contributed by atoms with Crippen molar-refractivity contribution in [2.75, 3.05) is 5.73 Å². The van der Waals surface area contributed by atoms with Crippen molar-refractivity contribution in [2.24, 2.45) is 0 Å². The summed E-state index contributed by atoms with van der Waals surface area (Å²) in [5.74, 6) is 0. The second-order valence-corrected chi connectivity index (χ2v) is 5.51. The van der Waals surface area contributed by atoms with Crippen LogP contribution < -0.4 is 5.73 Å². The van der Waals surface area contributed by atoms with Crippen molar-refractivity contribution in [3.63, 3.8) is 0 Å². The number of hydrogen-bond acceptors (Lipinski definition) is 3. The number of anilines is 1. The molecule has 0 radical (unpaired) electrons. The van der Waals surface area contributed by atoms with Crippen molar-refractivity contribution >= 4 is 5.69 Å². The van der Waals surface area contributed by atoms with Crippen molar-refractivity contribution in [1.82, 2.24) is 9.88 Å². The van der Waals surface area contributed by atoms with Crippen LogP contribution in [0.1, 0.15) is 30.7 Å². The van der Waals surface area contributed by atoms with E-state index in [0.717, 1.165) is 24.5 Å². The topological polar surface area (TPSA) is 42.2 Å². The largest absolute Gasteiger partial charge is 0.399 e. The summed E-state index contributed by atoms with van der Waals surface area (Å²) in [7, 11) is 0. The monoisotopic (exact) mass is 269 g/mol. The van der Waals surface area contributed by atoms with Crippen molar-refractivity contribution in [3.05, 3.63) is 59.4 Å². The highest BCUT2D eigenvalue weighted by atomic mass is 15.1. The quantitative estimate of drug-likeness (QED) is 0.846. The predicted octanol–water partition coefficient (Wildman–Crippen LogP) is 3.38. The van der Waals surface area contributed by atoms with Crippen LogP contribution in [-0.4, -0.2) is 15.9 Å². The van der Waals surface area contributed by atoms with Crippen LogP contribution in [0.5, 0.6) is 0 Å². The van der Waals surface area contributed by atoms with E-state index in [-0.39, 0.29) is 0 Å². The van der Waals surface area contributed by atoms with Gasteiger partial charge in [0.25, 0.3) is 0 Å². The molecule has 0 aliphatic heterocycles. The Balaban J connectivity index is 2.11. The summed E-state index contributed by atoms with van der Waals surface area (Å²) in [4.78, 5) is 6.91. The highest BCUT2D eigenvalue weighted by molar-refractivity contribution is 5.39. The maximum atomic E-state index is 5.74. The third-order valence-corrected chi connectivity index (χ3v) is 3.57. The fraction of sp³-hybridized carbons (Fsp3) is 0.353. The second kappa shape index (κ2) is 6.53. The molecule has 106 valence electrons. The number of nitrogens with zero attached hydrogens (tertiary/aromatic N) is 2. The van der Waals surface area contributed by atoms with Gasteiger partial charge in [-0.05, 0) is 50.1 Å². The Morgan fingerprint density at radius 2 is 1.80 bits per heavy atom. The van der Waals surface area contributed by atoms with E-state index >= 15 is 0 Å². The summed E-state index contributed by atoms with van der Waals surface area (Å²) in [5.41, 5.74) is 10.2. The van der Waals surface area contributed by atoms with Crippen LogP contribution in [0.4, 0.5) is 5.69 Å². The Kier molecular flexibility index (Phi) is 4.74. The molecule has 0 saturated carbocycles. The molecule has 0 unspecified atom stereocenters. The van der Waals surface area contributed by atoms with Crippen molar-refractivity contribution in [1.29, 1.82) is 0 Å². The third-order valence-electron chi connectivity index (χ3n) is 3.57. The van der Waals surface area contributed by atoms with Gasteiger partial charge in [0.05, 0.1) is 5.69 Å². The van der Waals surface area contributed by atoms with Crippen LogP contribution in [0.25, 0.3) is 0 Å². The molecule has 2 N–H and O–H groups in total. The summed E-state index contributed by atoms with van der Waals surface area (Å²) in [5, 5.41) is 0. The number of nitrogen functional groups attached to an aromatic ring is 1. The summed E-state index contributed by atoms with van der Waals surface area (Å²) in [6.45, 7) is 8.33. The lowest BCUT2D eigenvalue weighted by Crippen LogP contribution is -2.30. The van der Waals surface area contributed by atoms with E-state index in [2.05, 4.69) is 48.9 Å². The lowest BCUT2D eigenvalue weighted by Gasteiger charge is -2.26. The Labute approximate surface area is 121 Å².